The molecule has 0 aliphatic carbocycles. The van der Waals surface area contributed by atoms with Crippen molar-refractivity contribution in [3.63, 3.8) is 0 Å². The van der Waals surface area contributed by atoms with Crippen molar-refractivity contribution in [2.75, 3.05) is 11.9 Å². The normalized spacial score (nSPS) is 22.7. The van der Waals surface area contributed by atoms with E-state index in [1.165, 1.54) is 23.2 Å². The van der Waals surface area contributed by atoms with Gasteiger partial charge in [0.15, 0.2) is 0 Å². The van der Waals surface area contributed by atoms with Gasteiger partial charge in [0.25, 0.3) is 5.91 Å². The van der Waals surface area contributed by atoms with Crippen LogP contribution in [0.3, 0.4) is 0 Å². The van der Waals surface area contributed by atoms with Gasteiger partial charge in [-0.3, -0.25) is 14.2 Å². The average molecular weight is 411 g/mol. The fraction of sp³-hybridized carbons (Fsp3) is 0.286. The van der Waals surface area contributed by atoms with Gasteiger partial charge in [0.05, 0.1) is 0 Å². The Balaban J connectivity index is 1.67. The summed E-state index contributed by atoms with van der Waals surface area (Å²) >= 11 is 0. The Morgan fingerprint density at radius 1 is 1.23 bits per heavy atom. The van der Waals surface area contributed by atoms with Crippen LogP contribution in [0.1, 0.15) is 40.9 Å². The van der Waals surface area contributed by atoms with E-state index < -0.39 is 23.9 Å². The molecule has 0 unspecified atom stereocenters. The lowest BCUT2D eigenvalue weighted by Crippen LogP contribution is -2.44. The first kappa shape index (κ1) is 18.5. The van der Waals surface area contributed by atoms with E-state index in [0.29, 0.717) is 22.5 Å². The predicted molar refractivity (Wildman–Crippen MR) is 104 cm³/mol. The van der Waals surface area contributed by atoms with Crippen molar-refractivity contribution in [1.29, 1.82) is 0 Å². The minimum atomic E-state index is -2.84. The van der Waals surface area contributed by atoms with Crippen LogP contribution in [0.2, 0.25) is 0 Å². The summed E-state index contributed by atoms with van der Waals surface area (Å²) in [5, 5.41) is 2.93. The summed E-state index contributed by atoms with van der Waals surface area (Å²) < 4.78 is 29.2. The van der Waals surface area contributed by atoms with Crippen LogP contribution < -0.4 is 5.32 Å². The highest BCUT2D eigenvalue weighted by atomic mass is 19.3. The molecule has 30 heavy (non-hydrogen) atoms. The number of fused-ring (bicyclic) bond motifs is 2. The summed E-state index contributed by atoms with van der Waals surface area (Å²) in [6.07, 6.45) is 4.89. The van der Waals surface area contributed by atoms with Gasteiger partial charge in [0.1, 0.15) is 23.0 Å². The molecule has 0 saturated carbocycles. The van der Waals surface area contributed by atoms with Crippen molar-refractivity contribution in [2.45, 2.75) is 24.4 Å². The summed E-state index contributed by atoms with van der Waals surface area (Å²) in [6.45, 7) is -2.59. The van der Waals surface area contributed by atoms with E-state index in [9.17, 15) is 18.4 Å². The summed E-state index contributed by atoms with van der Waals surface area (Å²) in [5.41, 5.74) is 0.343. The topological polar surface area (TPSA) is 72.2 Å². The number of carbonyl (C=O) groups excluding carboxylic acids is 2. The molecule has 2 amide bonds. The number of imidazole rings is 1. The molecule has 1 N–H and O–H groups in total. The number of nitrogens with zero attached hydrogens (tertiary/aromatic N) is 4. The predicted octanol–water partition coefficient (Wildman–Crippen LogP) is 3.09. The molecule has 154 valence electrons. The van der Waals surface area contributed by atoms with Gasteiger partial charge in [-0.25, -0.2) is 4.98 Å². The molecule has 4 heterocycles. The first-order valence-electron chi connectivity index (χ1n) is 9.59. The molecule has 1 spiro atoms. The number of para-hydroxylation sites is 1. The number of hydrogen-bond acceptors (Lipinski definition) is 3. The van der Waals surface area contributed by atoms with E-state index in [1.54, 1.807) is 24.0 Å². The quantitative estimate of drug-likeness (QED) is 0.720. The number of likely N-dealkylation sites (tertiary alicyclic amines) is 1. The molecule has 5 rings (SSSR count). The van der Waals surface area contributed by atoms with Crippen LogP contribution in [0.5, 0.6) is 0 Å². The Morgan fingerprint density at radius 2 is 2.03 bits per heavy atom. The van der Waals surface area contributed by atoms with Crippen LogP contribution in [-0.4, -0.2) is 37.4 Å². The van der Waals surface area contributed by atoms with Gasteiger partial charge in [-0.1, -0.05) is 18.2 Å². The zero-order valence-corrected chi connectivity index (χ0v) is 16.1. The van der Waals surface area contributed by atoms with E-state index >= 15 is 0 Å². The number of amides is 2. The molecule has 7 nitrogen and oxygen atoms in total. The van der Waals surface area contributed by atoms with Crippen molar-refractivity contribution in [2.24, 2.45) is 7.05 Å². The fourth-order valence-electron chi connectivity index (χ4n) is 4.80. The summed E-state index contributed by atoms with van der Waals surface area (Å²) in [4.78, 5) is 32.6. The van der Waals surface area contributed by atoms with Crippen LogP contribution in [0.4, 0.5) is 14.5 Å². The summed E-state index contributed by atoms with van der Waals surface area (Å²) in [6, 6.07) is 9.44. The highest BCUT2D eigenvalue weighted by Gasteiger charge is 2.60. The number of rotatable bonds is 3. The van der Waals surface area contributed by atoms with Gasteiger partial charge >= 0.3 is 6.55 Å². The van der Waals surface area contributed by atoms with E-state index in [1.807, 2.05) is 24.3 Å². The molecule has 0 radical (unpaired) electrons. The molecule has 0 bridgehead atoms. The molecule has 2 atom stereocenters. The average Bonchev–Trinajstić information content (AvgIpc) is 3.49. The van der Waals surface area contributed by atoms with E-state index in [2.05, 4.69) is 10.3 Å². The minimum Gasteiger partial charge on any atom is -0.336 e. The molecular formula is C21H19F2N5O2. The Bertz CT molecular complexity index is 1150. The Labute approximate surface area is 170 Å². The van der Waals surface area contributed by atoms with Crippen LogP contribution >= 0.6 is 0 Å². The molecule has 2 aliphatic rings. The third kappa shape index (κ3) is 2.38. The lowest BCUT2D eigenvalue weighted by molar-refractivity contribution is -0.121. The van der Waals surface area contributed by atoms with Gasteiger partial charge in [-0.05, 0) is 30.2 Å². The molecule has 9 heteroatoms. The van der Waals surface area contributed by atoms with Crippen LogP contribution in [0, 0.1) is 0 Å². The number of anilines is 1. The number of nitrogens with one attached hydrogen (secondary N) is 1. The smallest absolute Gasteiger partial charge is 0.319 e. The Hall–Kier alpha value is -3.49. The largest absolute Gasteiger partial charge is 0.336 e. The van der Waals surface area contributed by atoms with Crippen molar-refractivity contribution >= 4 is 17.5 Å². The van der Waals surface area contributed by atoms with E-state index in [4.69, 9.17) is 0 Å². The van der Waals surface area contributed by atoms with Crippen molar-refractivity contribution in [1.82, 2.24) is 19.0 Å². The minimum absolute atomic E-state index is 0.118. The molecule has 3 aromatic rings. The standard InChI is InChI=1S/C21H19F2N5O2/c1-26-12-9-24-17(26)16-21(13-5-2-3-6-14(13)25-19(21)30)8-11-28(16)18(29)15-7-4-10-27(15)20(22)23/h2-7,9-10,12,16,20H,8,11H2,1H3,(H,25,30)/t16-,21+/m0/s1. The van der Waals surface area contributed by atoms with Crippen LogP contribution in [-0.2, 0) is 17.3 Å². The first-order chi connectivity index (χ1) is 14.4. The molecule has 1 aromatic carbocycles. The van der Waals surface area contributed by atoms with Gasteiger partial charge < -0.3 is 14.8 Å². The van der Waals surface area contributed by atoms with Gasteiger partial charge in [0, 0.05) is 37.9 Å². The monoisotopic (exact) mass is 411 g/mol. The lowest BCUT2D eigenvalue weighted by atomic mass is 9.74. The van der Waals surface area contributed by atoms with Crippen LogP contribution in [0.25, 0.3) is 0 Å². The number of carbonyl (C=O) groups is 2. The SMILES string of the molecule is Cn1ccnc1[C@@H]1N(C(=O)c2cccn2C(F)F)CC[C@]12C(=O)Nc1ccccc12. The number of benzene rings is 1. The second kappa shape index (κ2) is 6.51. The number of aromatic nitrogens is 3. The molecule has 2 aliphatic heterocycles. The maximum Gasteiger partial charge on any atom is 0.319 e. The molecular weight excluding hydrogens is 392 g/mol. The van der Waals surface area contributed by atoms with E-state index in [-0.39, 0.29) is 18.1 Å². The third-order valence-electron chi connectivity index (χ3n) is 6.16. The second-order valence-corrected chi connectivity index (χ2v) is 7.60. The van der Waals surface area contributed by atoms with Gasteiger partial charge in [-0.15, -0.1) is 0 Å². The fourth-order valence-corrected chi connectivity index (χ4v) is 4.80. The zero-order valence-electron chi connectivity index (χ0n) is 16.1. The molecule has 1 fully saturated rings. The molecule has 2 aromatic heterocycles. The Morgan fingerprint density at radius 3 is 2.77 bits per heavy atom. The maximum absolute atomic E-state index is 13.4. The molecule has 1 saturated heterocycles. The highest BCUT2D eigenvalue weighted by molar-refractivity contribution is 6.08. The second-order valence-electron chi connectivity index (χ2n) is 7.60. The summed E-state index contributed by atoms with van der Waals surface area (Å²) in [5.74, 6) is -0.235. The summed E-state index contributed by atoms with van der Waals surface area (Å²) in [7, 11) is 1.79. The number of halogens is 2. The maximum atomic E-state index is 13.4. The Kier molecular flexibility index (Phi) is 4.02. The van der Waals surface area contributed by atoms with Crippen molar-refractivity contribution < 1.29 is 18.4 Å². The highest BCUT2D eigenvalue weighted by Crippen LogP contribution is 2.54. The first-order valence-corrected chi connectivity index (χ1v) is 9.59. The van der Waals surface area contributed by atoms with Crippen molar-refractivity contribution in [3.05, 3.63) is 72.1 Å². The zero-order chi connectivity index (χ0) is 21.0. The number of alkyl halides is 2. The van der Waals surface area contributed by atoms with E-state index in [0.717, 1.165) is 5.56 Å². The van der Waals surface area contributed by atoms with Crippen molar-refractivity contribution in [3.8, 4) is 0 Å². The number of aryl methyl sites for hydroxylation is 1. The third-order valence-corrected chi connectivity index (χ3v) is 6.16. The number of hydrogen-bond donors (Lipinski definition) is 1. The van der Waals surface area contributed by atoms with Crippen LogP contribution in [0.15, 0.2) is 55.0 Å². The van der Waals surface area contributed by atoms with Gasteiger partial charge in [0.2, 0.25) is 5.91 Å². The van der Waals surface area contributed by atoms with Gasteiger partial charge in [-0.2, -0.15) is 8.78 Å². The lowest BCUT2D eigenvalue weighted by Gasteiger charge is -2.33.